The summed E-state index contributed by atoms with van der Waals surface area (Å²) in [5.41, 5.74) is -0.650. The molecule has 0 radical (unpaired) electrons. The second kappa shape index (κ2) is 5.38. The van der Waals surface area contributed by atoms with Gasteiger partial charge in [0.15, 0.2) is 0 Å². The molecular formula is C16H27NO3. The van der Waals surface area contributed by atoms with E-state index < -0.39 is 11.4 Å². The number of carboxylic acids is 1. The Morgan fingerprint density at radius 3 is 2.40 bits per heavy atom. The average Bonchev–Trinajstić information content (AvgIpc) is 2.82. The van der Waals surface area contributed by atoms with Crippen LogP contribution in [0.2, 0.25) is 0 Å². The first kappa shape index (κ1) is 15.3. The molecule has 1 amide bonds. The number of amides is 1. The predicted octanol–water partition coefficient (Wildman–Crippen LogP) is 3.06. The Balaban J connectivity index is 2.07. The van der Waals surface area contributed by atoms with Crippen molar-refractivity contribution in [2.75, 3.05) is 6.54 Å². The van der Waals surface area contributed by atoms with Gasteiger partial charge in [-0.15, -0.1) is 0 Å². The fraction of sp³-hybridized carbons (Fsp3) is 0.875. The summed E-state index contributed by atoms with van der Waals surface area (Å²) >= 11 is 0. The van der Waals surface area contributed by atoms with E-state index >= 15 is 0 Å². The van der Waals surface area contributed by atoms with Crippen LogP contribution in [-0.2, 0) is 9.59 Å². The van der Waals surface area contributed by atoms with Crippen LogP contribution in [0.1, 0.15) is 65.7 Å². The third kappa shape index (κ3) is 2.57. The molecule has 1 saturated heterocycles. The molecule has 2 fully saturated rings. The van der Waals surface area contributed by atoms with Crippen molar-refractivity contribution < 1.29 is 14.7 Å². The summed E-state index contributed by atoms with van der Waals surface area (Å²) in [4.78, 5) is 26.0. The van der Waals surface area contributed by atoms with Gasteiger partial charge in [0.05, 0.1) is 5.41 Å². The SMILES string of the molecule is CCC(C)(C)C1CCCN1C(=O)CC1(C(=O)O)CCC1. The molecule has 1 unspecified atom stereocenters. The lowest BCUT2D eigenvalue weighted by molar-refractivity contribution is -0.160. The van der Waals surface area contributed by atoms with E-state index in [0.717, 1.165) is 32.2 Å². The van der Waals surface area contributed by atoms with Crippen LogP contribution in [0.5, 0.6) is 0 Å². The predicted molar refractivity (Wildman–Crippen MR) is 77.3 cm³/mol. The molecule has 1 heterocycles. The number of rotatable bonds is 5. The molecule has 20 heavy (non-hydrogen) atoms. The van der Waals surface area contributed by atoms with Crippen LogP contribution in [0.25, 0.3) is 0 Å². The van der Waals surface area contributed by atoms with Crippen LogP contribution in [0.3, 0.4) is 0 Å². The van der Waals surface area contributed by atoms with Gasteiger partial charge in [0.1, 0.15) is 0 Å². The molecule has 0 aromatic carbocycles. The minimum atomic E-state index is -0.789. The average molecular weight is 281 g/mol. The maximum Gasteiger partial charge on any atom is 0.310 e. The molecule has 0 bridgehead atoms. The zero-order valence-electron chi connectivity index (χ0n) is 12.9. The first-order valence-electron chi connectivity index (χ1n) is 7.85. The standard InChI is InChI=1S/C16H27NO3/c1-4-15(2,3)12-7-5-10-17(12)13(18)11-16(14(19)20)8-6-9-16/h12H,4-11H2,1-3H3,(H,19,20). The Morgan fingerprint density at radius 1 is 1.30 bits per heavy atom. The maximum atomic E-state index is 12.6. The summed E-state index contributed by atoms with van der Waals surface area (Å²) in [6, 6.07) is 0.269. The molecule has 2 aliphatic rings. The van der Waals surface area contributed by atoms with Gasteiger partial charge in [-0.25, -0.2) is 0 Å². The number of hydrogen-bond acceptors (Lipinski definition) is 2. The first-order valence-corrected chi connectivity index (χ1v) is 7.85. The highest BCUT2D eigenvalue weighted by atomic mass is 16.4. The quantitative estimate of drug-likeness (QED) is 0.842. The van der Waals surface area contributed by atoms with Gasteiger partial charge in [0, 0.05) is 19.0 Å². The van der Waals surface area contributed by atoms with E-state index in [1.807, 2.05) is 4.90 Å². The fourth-order valence-corrected chi connectivity index (χ4v) is 3.57. The Kier molecular flexibility index (Phi) is 4.12. The van der Waals surface area contributed by atoms with Gasteiger partial charge in [0.25, 0.3) is 0 Å². The molecule has 0 aromatic heterocycles. The van der Waals surface area contributed by atoms with Crippen molar-refractivity contribution in [1.82, 2.24) is 4.90 Å². The molecule has 1 aliphatic carbocycles. The lowest BCUT2D eigenvalue weighted by atomic mass is 9.66. The lowest BCUT2D eigenvalue weighted by Crippen LogP contribution is -2.48. The molecule has 1 aliphatic heterocycles. The Labute approximate surface area is 121 Å². The third-order valence-electron chi connectivity index (χ3n) is 5.64. The van der Waals surface area contributed by atoms with Crippen molar-refractivity contribution in [1.29, 1.82) is 0 Å². The molecule has 1 N–H and O–H groups in total. The molecule has 1 atom stereocenters. The molecule has 4 heteroatoms. The minimum Gasteiger partial charge on any atom is -0.481 e. The molecule has 0 spiro atoms. The van der Waals surface area contributed by atoms with E-state index in [1.165, 1.54) is 0 Å². The molecular weight excluding hydrogens is 254 g/mol. The highest BCUT2D eigenvalue weighted by molar-refractivity contribution is 5.86. The van der Waals surface area contributed by atoms with Gasteiger partial charge < -0.3 is 10.0 Å². The second-order valence-corrected chi connectivity index (χ2v) is 7.20. The van der Waals surface area contributed by atoms with Crippen LogP contribution < -0.4 is 0 Å². The van der Waals surface area contributed by atoms with Crippen molar-refractivity contribution >= 4 is 11.9 Å². The highest BCUT2D eigenvalue weighted by Gasteiger charge is 2.48. The summed E-state index contributed by atoms with van der Waals surface area (Å²) in [5, 5.41) is 9.38. The largest absolute Gasteiger partial charge is 0.481 e. The number of carboxylic acid groups (broad SMARTS) is 1. The molecule has 1 saturated carbocycles. The zero-order chi connectivity index (χ0) is 15.0. The molecule has 114 valence electrons. The highest BCUT2D eigenvalue weighted by Crippen LogP contribution is 2.45. The van der Waals surface area contributed by atoms with E-state index in [1.54, 1.807) is 0 Å². The minimum absolute atomic E-state index is 0.0520. The van der Waals surface area contributed by atoms with Gasteiger partial charge >= 0.3 is 5.97 Å². The van der Waals surface area contributed by atoms with Crippen LogP contribution in [0, 0.1) is 10.8 Å². The summed E-state index contributed by atoms with van der Waals surface area (Å²) < 4.78 is 0. The first-order chi connectivity index (χ1) is 9.32. The number of carbonyl (C=O) groups excluding carboxylic acids is 1. The van der Waals surface area contributed by atoms with Gasteiger partial charge in [-0.05, 0) is 37.5 Å². The fourth-order valence-electron chi connectivity index (χ4n) is 3.57. The van der Waals surface area contributed by atoms with Crippen molar-refractivity contribution in [3.05, 3.63) is 0 Å². The van der Waals surface area contributed by atoms with E-state index in [0.29, 0.717) is 12.8 Å². The summed E-state index contributed by atoms with van der Waals surface area (Å²) in [5.74, 6) is -0.737. The smallest absolute Gasteiger partial charge is 0.310 e. The van der Waals surface area contributed by atoms with Crippen LogP contribution in [0.15, 0.2) is 0 Å². The monoisotopic (exact) mass is 281 g/mol. The van der Waals surface area contributed by atoms with Crippen LogP contribution in [-0.4, -0.2) is 34.5 Å². The van der Waals surface area contributed by atoms with E-state index in [4.69, 9.17) is 0 Å². The van der Waals surface area contributed by atoms with Crippen molar-refractivity contribution in [3.63, 3.8) is 0 Å². The van der Waals surface area contributed by atoms with E-state index in [2.05, 4.69) is 20.8 Å². The van der Waals surface area contributed by atoms with Crippen molar-refractivity contribution in [2.24, 2.45) is 10.8 Å². The Hall–Kier alpha value is -1.06. The summed E-state index contributed by atoms with van der Waals surface area (Å²) in [6.45, 7) is 7.37. The number of carbonyl (C=O) groups is 2. The van der Waals surface area contributed by atoms with E-state index in [9.17, 15) is 14.7 Å². The van der Waals surface area contributed by atoms with Gasteiger partial charge in [-0.1, -0.05) is 27.2 Å². The van der Waals surface area contributed by atoms with Crippen LogP contribution >= 0.6 is 0 Å². The normalized spacial score (nSPS) is 25.4. The molecule has 2 rings (SSSR count). The maximum absolute atomic E-state index is 12.6. The zero-order valence-corrected chi connectivity index (χ0v) is 12.9. The Bertz CT molecular complexity index is 399. The second-order valence-electron chi connectivity index (χ2n) is 7.20. The molecule has 4 nitrogen and oxygen atoms in total. The number of nitrogens with zero attached hydrogens (tertiary/aromatic N) is 1. The van der Waals surface area contributed by atoms with Crippen molar-refractivity contribution in [2.45, 2.75) is 71.8 Å². The van der Waals surface area contributed by atoms with Crippen LogP contribution in [0.4, 0.5) is 0 Å². The van der Waals surface area contributed by atoms with Gasteiger partial charge in [0.2, 0.25) is 5.91 Å². The van der Waals surface area contributed by atoms with Gasteiger partial charge in [-0.2, -0.15) is 0 Å². The summed E-state index contributed by atoms with van der Waals surface area (Å²) in [7, 11) is 0. The number of likely N-dealkylation sites (tertiary alicyclic amines) is 1. The summed E-state index contributed by atoms with van der Waals surface area (Å²) in [6.07, 6.45) is 5.56. The van der Waals surface area contributed by atoms with Gasteiger partial charge in [-0.3, -0.25) is 9.59 Å². The van der Waals surface area contributed by atoms with E-state index in [-0.39, 0.29) is 23.8 Å². The Morgan fingerprint density at radius 2 is 1.95 bits per heavy atom. The number of hydrogen-bond donors (Lipinski definition) is 1. The lowest BCUT2D eigenvalue weighted by Gasteiger charge is -2.41. The topological polar surface area (TPSA) is 57.6 Å². The molecule has 0 aromatic rings. The van der Waals surface area contributed by atoms with Crippen molar-refractivity contribution in [3.8, 4) is 0 Å². The number of aliphatic carboxylic acids is 1. The third-order valence-corrected chi connectivity index (χ3v) is 5.64.